The third-order valence-electron chi connectivity index (χ3n) is 4.73. The molecule has 4 amide bonds. The van der Waals surface area contributed by atoms with Gasteiger partial charge in [-0.15, -0.1) is 0 Å². The average Bonchev–Trinajstić information content (AvgIpc) is 2.59. The number of carbonyl (C=O) groups is 3. The van der Waals surface area contributed by atoms with Crippen molar-refractivity contribution in [3.8, 4) is 0 Å². The van der Waals surface area contributed by atoms with Crippen molar-refractivity contribution in [2.24, 2.45) is 0 Å². The molecule has 2 fully saturated rings. The molecule has 3 rings (SSSR count). The second-order valence-corrected chi connectivity index (χ2v) is 6.45. The quantitative estimate of drug-likeness (QED) is 0.911. The van der Waals surface area contributed by atoms with Gasteiger partial charge in [0.05, 0.1) is 0 Å². The molecule has 1 aromatic rings. The van der Waals surface area contributed by atoms with E-state index in [1.165, 1.54) is 10.5 Å². The highest BCUT2D eigenvalue weighted by atomic mass is 16.2. The fraction of sp³-hybridized carbons (Fsp3) is 0.500. The number of benzene rings is 1. The van der Waals surface area contributed by atoms with Crippen LogP contribution in [0.5, 0.6) is 0 Å². The Labute approximate surface area is 141 Å². The van der Waals surface area contributed by atoms with Crippen LogP contribution in [0, 0.1) is 0 Å². The fourth-order valence-electron chi connectivity index (χ4n) is 3.43. The Balaban J connectivity index is 1.63. The number of hydrogen-bond acceptors (Lipinski definition) is 3. The summed E-state index contributed by atoms with van der Waals surface area (Å²) in [4.78, 5) is 39.1. The van der Waals surface area contributed by atoms with E-state index in [-0.39, 0.29) is 30.8 Å². The smallest absolute Gasteiger partial charge is 0.324 e. The molecule has 1 atom stereocenters. The minimum atomic E-state index is -0.462. The summed E-state index contributed by atoms with van der Waals surface area (Å²) in [5.74, 6) is -0.302. The molecule has 2 aliphatic rings. The third-order valence-corrected chi connectivity index (χ3v) is 4.73. The van der Waals surface area contributed by atoms with Gasteiger partial charge in [0.15, 0.2) is 0 Å². The molecule has 0 radical (unpaired) electrons. The van der Waals surface area contributed by atoms with Crippen LogP contribution in [0.3, 0.4) is 0 Å². The van der Waals surface area contributed by atoms with E-state index in [1.54, 1.807) is 0 Å². The lowest BCUT2D eigenvalue weighted by molar-refractivity contribution is -0.136. The average molecular weight is 329 g/mol. The molecule has 2 heterocycles. The molecule has 0 aliphatic carbocycles. The number of rotatable bonds is 4. The van der Waals surface area contributed by atoms with Crippen LogP contribution in [0.4, 0.5) is 4.79 Å². The molecule has 24 heavy (non-hydrogen) atoms. The standard InChI is InChI=1S/C18H23N3O3/c22-16-9-11-20(18(24)19-16)13-17(23)21-10-5-4-8-15(21)12-14-6-2-1-3-7-14/h1-3,6-7,15H,4-5,8-13H2,(H,19,22,24). The summed E-state index contributed by atoms with van der Waals surface area (Å²) in [7, 11) is 0. The first-order valence-electron chi connectivity index (χ1n) is 8.55. The zero-order valence-corrected chi connectivity index (χ0v) is 13.7. The van der Waals surface area contributed by atoms with Gasteiger partial charge in [0.2, 0.25) is 11.8 Å². The molecule has 6 nitrogen and oxygen atoms in total. The second kappa shape index (κ2) is 7.47. The summed E-state index contributed by atoms with van der Waals surface area (Å²) in [6.07, 6.45) is 4.22. The molecule has 6 heteroatoms. The summed E-state index contributed by atoms with van der Waals surface area (Å²) in [5.41, 5.74) is 1.23. The van der Waals surface area contributed by atoms with Crippen molar-refractivity contribution in [1.82, 2.24) is 15.1 Å². The van der Waals surface area contributed by atoms with Crippen LogP contribution in [0.15, 0.2) is 30.3 Å². The van der Waals surface area contributed by atoms with Crippen LogP contribution in [0.1, 0.15) is 31.2 Å². The Morgan fingerprint density at radius 2 is 1.92 bits per heavy atom. The van der Waals surface area contributed by atoms with Gasteiger partial charge in [-0.05, 0) is 31.2 Å². The van der Waals surface area contributed by atoms with Crippen molar-refractivity contribution in [2.45, 2.75) is 38.1 Å². The zero-order chi connectivity index (χ0) is 16.9. The van der Waals surface area contributed by atoms with Crippen molar-refractivity contribution < 1.29 is 14.4 Å². The number of nitrogens with one attached hydrogen (secondary N) is 1. The molecule has 2 saturated heterocycles. The van der Waals surface area contributed by atoms with Crippen LogP contribution in [0.2, 0.25) is 0 Å². The topological polar surface area (TPSA) is 69.7 Å². The lowest BCUT2D eigenvalue weighted by atomic mass is 9.95. The normalized spacial score (nSPS) is 21.6. The number of amides is 4. The van der Waals surface area contributed by atoms with Gasteiger partial charge in [-0.2, -0.15) is 0 Å². The molecule has 1 unspecified atom stereocenters. The summed E-state index contributed by atoms with van der Waals surface area (Å²) < 4.78 is 0. The van der Waals surface area contributed by atoms with E-state index in [0.29, 0.717) is 6.54 Å². The molecule has 0 aromatic heterocycles. The van der Waals surface area contributed by atoms with Gasteiger partial charge >= 0.3 is 6.03 Å². The van der Waals surface area contributed by atoms with Gasteiger partial charge in [0, 0.05) is 25.6 Å². The van der Waals surface area contributed by atoms with Crippen molar-refractivity contribution in [2.75, 3.05) is 19.6 Å². The highest BCUT2D eigenvalue weighted by Crippen LogP contribution is 2.21. The van der Waals surface area contributed by atoms with Crippen LogP contribution < -0.4 is 5.32 Å². The fourth-order valence-corrected chi connectivity index (χ4v) is 3.43. The lowest BCUT2D eigenvalue weighted by Crippen LogP contribution is -2.55. The number of carbonyl (C=O) groups excluding carboxylic acids is 3. The van der Waals surface area contributed by atoms with Crippen molar-refractivity contribution in [3.05, 3.63) is 35.9 Å². The molecule has 1 aromatic carbocycles. The zero-order valence-electron chi connectivity index (χ0n) is 13.7. The van der Waals surface area contributed by atoms with Gasteiger partial charge in [-0.25, -0.2) is 4.79 Å². The van der Waals surface area contributed by atoms with Crippen LogP contribution >= 0.6 is 0 Å². The first-order chi connectivity index (χ1) is 11.6. The monoisotopic (exact) mass is 329 g/mol. The molecular formula is C18H23N3O3. The summed E-state index contributed by atoms with van der Waals surface area (Å²) in [6.45, 7) is 1.10. The maximum absolute atomic E-state index is 12.7. The predicted molar refractivity (Wildman–Crippen MR) is 89.2 cm³/mol. The second-order valence-electron chi connectivity index (χ2n) is 6.45. The number of imide groups is 1. The molecule has 0 spiro atoms. The Hall–Kier alpha value is -2.37. The van der Waals surface area contributed by atoms with E-state index in [4.69, 9.17) is 0 Å². The van der Waals surface area contributed by atoms with E-state index < -0.39 is 6.03 Å². The van der Waals surface area contributed by atoms with Gasteiger partial charge < -0.3 is 9.80 Å². The van der Waals surface area contributed by atoms with Gasteiger partial charge in [0.25, 0.3) is 0 Å². The van der Waals surface area contributed by atoms with E-state index in [2.05, 4.69) is 17.4 Å². The van der Waals surface area contributed by atoms with Gasteiger partial charge in [-0.1, -0.05) is 30.3 Å². The minimum absolute atomic E-state index is 0.0277. The number of urea groups is 1. The number of hydrogen-bond donors (Lipinski definition) is 1. The summed E-state index contributed by atoms with van der Waals surface area (Å²) in [5, 5.41) is 2.27. The minimum Gasteiger partial charge on any atom is -0.338 e. The molecule has 0 bridgehead atoms. The van der Waals surface area contributed by atoms with E-state index >= 15 is 0 Å². The third kappa shape index (κ3) is 3.93. The van der Waals surface area contributed by atoms with E-state index in [1.807, 2.05) is 23.1 Å². The Morgan fingerprint density at radius 3 is 2.67 bits per heavy atom. The Morgan fingerprint density at radius 1 is 1.12 bits per heavy atom. The summed E-state index contributed by atoms with van der Waals surface area (Å²) in [6, 6.07) is 9.91. The highest BCUT2D eigenvalue weighted by molar-refractivity contribution is 5.98. The first-order valence-corrected chi connectivity index (χ1v) is 8.55. The molecular weight excluding hydrogens is 306 g/mol. The molecule has 2 aliphatic heterocycles. The van der Waals surface area contributed by atoms with Crippen LogP contribution in [0.25, 0.3) is 0 Å². The summed E-state index contributed by atoms with van der Waals surface area (Å²) >= 11 is 0. The number of likely N-dealkylation sites (tertiary alicyclic amines) is 1. The van der Waals surface area contributed by atoms with Gasteiger partial charge in [-0.3, -0.25) is 14.9 Å². The molecule has 0 saturated carbocycles. The molecule has 128 valence electrons. The van der Waals surface area contributed by atoms with E-state index in [9.17, 15) is 14.4 Å². The SMILES string of the molecule is O=C1CCN(CC(=O)N2CCCCC2Cc2ccccc2)C(=O)N1. The maximum atomic E-state index is 12.7. The first kappa shape index (κ1) is 16.5. The number of piperidine rings is 1. The van der Waals surface area contributed by atoms with Crippen molar-refractivity contribution in [3.63, 3.8) is 0 Å². The Bertz CT molecular complexity index is 617. The van der Waals surface area contributed by atoms with Crippen molar-refractivity contribution >= 4 is 17.8 Å². The highest BCUT2D eigenvalue weighted by Gasteiger charge is 2.30. The van der Waals surface area contributed by atoms with E-state index in [0.717, 1.165) is 32.2 Å². The maximum Gasteiger partial charge on any atom is 0.324 e. The van der Waals surface area contributed by atoms with Crippen LogP contribution in [-0.4, -0.2) is 53.3 Å². The predicted octanol–water partition coefficient (Wildman–Crippen LogP) is 1.55. The van der Waals surface area contributed by atoms with Gasteiger partial charge in [0.1, 0.15) is 6.54 Å². The lowest BCUT2D eigenvalue weighted by Gasteiger charge is -2.37. The number of nitrogens with zero attached hydrogens (tertiary/aromatic N) is 2. The Kier molecular flexibility index (Phi) is 5.13. The largest absolute Gasteiger partial charge is 0.338 e. The van der Waals surface area contributed by atoms with Crippen molar-refractivity contribution in [1.29, 1.82) is 0 Å². The van der Waals surface area contributed by atoms with Crippen LogP contribution in [-0.2, 0) is 16.0 Å². The molecule has 1 N–H and O–H groups in total.